The molecule has 1 rings (SSSR count). The van der Waals surface area contributed by atoms with E-state index < -0.39 is 0 Å². The molecule has 0 bridgehead atoms. The van der Waals surface area contributed by atoms with E-state index in [2.05, 4.69) is 41.7 Å². The van der Waals surface area contributed by atoms with Gasteiger partial charge in [-0.2, -0.15) is 0 Å². The van der Waals surface area contributed by atoms with Gasteiger partial charge in [0.05, 0.1) is 0 Å². The van der Waals surface area contributed by atoms with Crippen LogP contribution in [0.5, 0.6) is 0 Å². The van der Waals surface area contributed by atoms with E-state index in [1.165, 1.54) is 4.88 Å². The third kappa shape index (κ3) is 5.16. The van der Waals surface area contributed by atoms with E-state index >= 15 is 0 Å². The van der Waals surface area contributed by atoms with Crippen LogP contribution >= 0.6 is 11.3 Å². The molecule has 0 fully saturated rings. The first kappa shape index (κ1) is 13.0. The van der Waals surface area contributed by atoms with Gasteiger partial charge in [-0.25, -0.2) is 0 Å². The van der Waals surface area contributed by atoms with Crippen molar-refractivity contribution in [2.45, 2.75) is 26.7 Å². The van der Waals surface area contributed by atoms with Gasteiger partial charge in [-0.3, -0.25) is 4.99 Å². The standard InChI is InChI=1S/C12H21N3S/c1-3-6-14-12(13)15-9-10(2)8-11-5-4-7-16-11/h4-5,7,10H,3,6,8-9H2,1-2H3,(H3,13,14,15). The summed E-state index contributed by atoms with van der Waals surface area (Å²) in [4.78, 5) is 5.75. The normalized spacial score (nSPS) is 13.8. The third-order valence-corrected chi connectivity index (χ3v) is 3.16. The first-order chi connectivity index (χ1) is 7.72. The number of thiophene rings is 1. The predicted octanol–water partition coefficient (Wildman–Crippen LogP) is 2.24. The maximum Gasteiger partial charge on any atom is 0.188 e. The molecule has 0 saturated carbocycles. The van der Waals surface area contributed by atoms with Crippen molar-refractivity contribution in [1.82, 2.24) is 5.32 Å². The quantitative estimate of drug-likeness (QED) is 0.591. The Kier molecular flexibility index (Phi) is 5.93. The Balaban J connectivity index is 2.26. The molecule has 0 aliphatic heterocycles. The van der Waals surface area contributed by atoms with Gasteiger partial charge in [-0.1, -0.05) is 19.9 Å². The van der Waals surface area contributed by atoms with Crippen LogP contribution in [-0.4, -0.2) is 19.0 Å². The van der Waals surface area contributed by atoms with Gasteiger partial charge in [-0.15, -0.1) is 11.3 Å². The number of guanidine groups is 1. The molecule has 1 aromatic rings. The Hall–Kier alpha value is -1.03. The Morgan fingerprint density at radius 3 is 3.06 bits per heavy atom. The Labute approximate surface area is 102 Å². The lowest BCUT2D eigenvalue weighted by Gasteiger charge is -2.08. The molecule has 0 aromatic carbocycles. The van der Waals surface area contributed by atoms with Crippen LogP contribution in [0.25, 0.3) is 0 Å². The van der Waals surface area contributed by atoms with Crippen molar-refractivity contribution in [3.63, 3.8) is 0 Å². The maximum atomic E-state index is 5.72. The molecule has 3 N–H and O–H groups in total. The largest absolute Gasteiger partial charge is 0.370 e. The molecule has 1 unspecified atom stereocenters. The van der Waals surface area contributed by atoms with Crippen LogP contribution in [0.15, 0.2) is 22.5 Å². The van der Waals surface area contributed by atoms with Crippen LogP contribution in [0.2, 0.25) is 0 Å². The smallest absolute Gasteiger partial charge is 0.188 e. The molecule has 90 valence electrons. The van der Waals surface area contributed by atoms with Crippen LogP contribution in [-0.2, 0) is 6.42 Å². The van der Waals surface area contributed by atoms with Crippen molar-refractivity contribution in [3.05, 3.63) is 22.4 Å². The number of aliphatic imine (C=N–C) groups is 1. The van der Waals surface area contributed by atoms with Crippen molar-refractivity contribution in [2.75, 3.05) is 13.1 Å². The molecule has 4 heteroatoms. The summed E-state index contributed by atoms with van der Waals surface area (Å²) in [5.74, 6) is 1.11. The summed E-state index contributed by atoms with van der Waals surface area (Å²) in [6, 6.07) is 4.26. The number of nitrogens with zero attached hydrogens (tertiary/aromatic N) is 1. The second-order valence-corrected chi connectivity index (χ2v) is 5.07. The summed E-state index contributed by atoms with van der Waals surface area (Å²) in [7, 11) is 0. The van der Waals surface area contributed by atoms with Crippen molar-refractivity contribution < 1.29 is 0 Å². The maximum absolute atomic E-state index is 5.72. The molecule has 0 spiro atoms. The molecule has 1 atom stereocenters. The molecular formula is C12H21N3S. The Morgan fingerprint density at radius 2 is 2.44 bits per heavy atom. The average molecular weight is 239 g/mol. The van der Waals surface area contributed by atoms with Crippen LogP contribution in [0.1, 0.15) is 25.1 Å². The lowest BCUT2D eigenvalue weighted by Crippen LogP contribution is -2.32. The zero-order valence-corrected chi connectivity index (χ0v) is 10.9. The van der Waals surface area contributed by atoms with Crippen molar-refractivity contribution >= 4 is 17.3 Å². The van der Waals surface area contributed by atoms with Crippen molar-refractivity contribution in [1.29, 1.82) is 0 Å². The third-order valence-electron chi connectivity index (χ3n) is 2.26. The highest BCUT2D eigenvalue weighted by molar-refractivity contribution is 7.09. The van der Waals surface area contributed by atoms with Crippen molar-refractivity contribution in [3.8, 4) is 0 Å². The molecule has 16 heavy (non-hydrogen) atoms. The van der Waals surface area contributed by atoms with E-state index in [1.807, 2.05) is 0 Å². The van der Waals surface area contributed by atoms with E-state index in [0.717, 1.165) is 25.9 Å². The number of nitrogens with one attached hydrogen (secondary N) is 1. The van der Waals surface area contributed by atoms with E-state index in [9.17, 15) is 0 Å². The highest BCUT2D eigenvalue weighted by Gasteiger charge is 2.03. The summed E-state index contributed by atoms with van der Waals surface area (Å²) in [6.07, 6.45) is 2.16. The summed E-state index contributed by atoms with van der Waals surface area (Å²) in [5, 5.41) is 5.19. The van der Waals surface area contributed by atoms with Gasteiger partial charge in [0, 0.05) is 18.0 Å². The first-order valence-electron chi connectivity index (χ1n) is 5.78. The fraction of sp³-hybridized carbons (Fsp3) is 0.583. The molecule has 3 nitrogen and oxygen atoms in total. The number of rotatable bonds is 6. The minimum Gasteiger partial charge on any atom is -0.370 e. The van der Waals surface area contributed by atoms with Gasteiger partial charge in [0.15, 0.2) is 5.96 Å². The fourth-order valence-electron chi connectivity index (χ4n) is 1.40. The minimum absolute atomic E-state index is 0.542. The highest BCUT2D eigenvalue weighted by Crippen LogP contribution is 2.14. The minimum atomic E-state index is 0.542. The zero-order chi connectivity index (χ0) is 11.8. The molecular weight excluding hydrogens is 218 g/mol. The second-order valence-electron chi connectivity index (χ2n) is 4.04. The van der Waals surface area contributed by atoms with Crippen LogP contribution in [0.3, 0.4) is 0 Å². The second kappa shape index (κ2) is 7.28. The molecule has 0 aliphatic rings. The molecule has 0 aliphatic carbocycles. The summed E-state index contributed by atoms with van der Waals surface area (Å²) < 4.78 is 0. The van der Waals surface area contributed by atoms with Gasteiger partial charge in [-0.05, 0) is 30.2 Å². The lowest BCUT2D eigenvalue weighted by atomic mass is 10.1. The van der Waals surface area contributed by atoms with E-state index in [4.69, 9.17) is 5.73 Å². The van der Waals surface area contributed by atoms with Gasteiger partial charge < -0.3 is 11.1 Å². The zero-order valence-electron chi connectivity index (χ0n) is 10.1. The average Bonchev–Trinajstić information content (AvgIpc) is 2.76. The molecule has 1 aromatic heterocycles. The van der Waals surface area contributed by atoms with E-state index in [-0.39, 0.29) is 0 Å². The topological polar surface area (TPSA) is 50.4 Å². The molecule has 1 heterocycles. The van der Waals surface area contributed by atoms with Gasteiger partial charge in [0.1, 0.15) is 0 Å². The van der Waals surface area contributed by atoms with Crippen molar-refractivity contribution in [2.24, 2.45) is 16.6 Å². The molecule has 0 saturated heterocycles. The van der Waals surface area contributed by atoms with Crippen LogP contribution < -0.4 is 11.1 Å². The van der Waals surface area contributed by atoms with Gasteiger partial charge in [0.25, 0.3) is 0 Å². The van der Waals surface area contributed by atoms with E-state index in [0.29, 0.717) is 11.9 Å². The van der Waals surface area contributed by atoms with Crippen LogP contribution in [0, 0.1) is 5.92 Å². The number of hydrogen-bond acceptors (Lipinski definition) is 2. The number of nitrogens with two attached hydrogens (primary N) is 1. The van der Waals surface area contributed by atoms with Gasteiger partial charge in [0.2, 0.25) is 0 Å². The summed E-state index contributed by atoms with van der Waals surface area (Å²) in [5.41, 5.74) is 5.72. The molecule has 0 radical (unpaired) electrons. The predicted molar refractivity (Wildman–Crippen MR) is 72.0 cm³/mol. The number of hydrogen-bond donors (Lipinski definition) is 2. The Bertz CT molecular complexity index is 306. The van der Waals surface area contributed by atoms with Gasteiger partial charge >= 0.3 is 0 Å². The summed E-state index contributed by atoms with van der Waals surface area (Å²) in [6.45, 7) is 6.01. The van der Waals surface area contributed by atoms with Crippen LogP contribution in [0.4, 0.5) is 0 Å². The fourth-order valence-corrected chi connectivity index (χ4v) is 2.27. The molecule has 0 amide bonds. The highest BCUT2D eigenvalue weighted by atomic mass is 32.1. The van der Waals surface area contributed by atoms with E-state index in [1.54, 1.807) is 11.3 Å². The lowest BCUT2D eigenvalue weighted by molar-refractivity contribution is 0.597. The Morgan fingerprint density at radius 1 is 1.62 bits per heavy atom. The monoisotopic (exact) mass is 239 g/mol. The SMILES string of the molecule is CCCNC(N)=NCC(C)Cc1cccs1. The summed E-state index contributed by atoms with van der Waals surface area (Å²) >= 11 is 1.80. The first-order valence-corrected chi connectivity index (χ1v) is 6.66.